The number of fused-ring (bicyclic) bond motifs is 5. The topological polar surface area (TPSA) is 246 Å². The number of nitrogens with zero attached hydrogens (tertiary/aromatic N) is 6. The second-order valence-electron chi connectivity index (χ2n) is 9.77. The monoisotopic (exact) mass is 678 g/mol. The summed E-state index contributed by atoms with van der Waals surface area (Å²) in [6.07, 6.45) is -9.81. The van der Waals surface area contributed by atoms with Crippen molar-refractivity contribution in [1.82, 2.24) is 39.0 Å². The highest BCUT2D eigenvalue weighted by atomic mass is 32.5. The Labute approximate surface area is 247 Å². The standard InChI is InChI=1S/C20H19F2N9O10P2S/c21-8-6-1-36-42(34)40-12-7(39-18(9(12)22)30-4-26-10-14(30)24-3-25-16(10)32)2-37-43(35,44)41-13(8)19(38-6)31-5-27-11-15(31)28-20(23)29-17(11)33/h3-9,12-13,18-19H,1-2H2,(H4-,23,24,25,28,29,32,33,35,44)/p+1/t6-,7-,8-,9+,12-,13-,18-,19-,43?/m1/s1. The number of hydrogen-bond donors (Lipinski definition) is 4. The molecular formula is C20H20F2N9O10P2S+. The molecule has 0 saturated carbocycles. The van der Waals surface area contributed by atoms with Crippen LogP contribution in [0.15, 0.2) is 28.6 Å². The second-order valence-corrected chi connectivity index (χ2v) is 13.5. The molecule has 19 nitrogen and oxygen atoms in total. The Morgan fingerprint density at radius 1 is 1.00 bits per heavy atom. The van der Waals surface area contributed by atoms with Crippen molar-refractivity contribution < 1.29 is 45.8 Å². The molecule has 44 heavy (non-hydrogen) atoms. The molecule has 7 rings (SSSR count). The van der Waals surface area contributed by atoms with Crippen LogP contribution in [0.2, 0.25) is 0 Å². The van der Waals surface area contributed by atoms with Gasteiger partial charge < -0.3 is 29.6 Å². The van der Waals surface area contributed by atoms with Gasteiger partial charge in [0, 0.05) is 4.57 Å². The van der Waals surface area contributed by atoms with Gasteiger partial charge in [-0.05, 0) is 11.8 Å². The predicted molar refractivity (Wildman–Crippen MR) is 144 cm³/mol. The second kappa shape index (κ2) is 11.0. The molecule has 7 heterocycles. The quantitative estimate of drug-likeness (QED) is 0.204. The molecule has 3 aliphatic heterocycles. The molecule has 0 aromatic carbocycles. The summed E-state index contributed by atoms with van der Waals surface area (Å²) in [6, 6.07) is 0. The minimum absolute atomic E-state index is 0.00798. The van der Waals surface area contributed by atoms with Crippen LogP contribution in [-0.2, 0) is 43.9 Å². The number of nitrogens with two attached hydrogens (primary N) is 1. The van der Waals surface area contributed by atoms with E-state index >= 15 is 8.78 Å². The predicted octanol–water partition coefficient (Wildman–Crippen LogP) is -0.00260. The third-order valence-corrected chi connectivity index (χ3v) is 9.44. The van der Waals surface area contributed by atoms with Crippen LogP contribution in [0.1, 0.15) is 12.5 Å². The summed E-state index contributed by atoms with van der Waals surface area (Å²) in [4.78, 5) is 55.8. The van der Waals surface area contributed by atoms with E-state index in [-0.39, 0.29) is 28.3 Å². The van der Waals surface area contributed by atoms with Gasteiger partial charge in [0.1, 0.15) is 24.9 Å². The summed E-state index contributed by atoms with van der Waals surface area (Å²) in [6.45, 7) is -5.69. The van der Waals surface area contributed by atoms with Crippen molar-refractivity contribution in [1.29, 1.82) is 0 Å². The normalized spacial score (nSPS) is 35.8. The van der Waals surface area contributed by atoms with Gasteiger partial charge in [0.15, 0.2) is 53.2 Å². The van der Waals surface area contributed by atoms with Crippen molar-refractivity contribution >= 4 is 55.1 Å². The van der Waals surface area contributed by atoms with Crippen molar-refractivity contribution in [2.24, 2.45) is 0 Å². The maximum Gasteiger partial charge on any atom is 0.697 e. The lowest BCUT2D eigenvalue weighted by Crippen LogP contribution is -2.33. The van der Waals surface area contributed by atoms with Crippen molar-refractivity contribution in [3.8, 4) is 0 Å². The first kappa shape index (κ1) is 29.5. The molecule has 4 aromatic heterocycles. The molecule has 0 radical (unpaired) electrons. The molecule has 4 aromatic rings. The van der Waals surface area contributed by atoms with Crippen LogP contribution in [0.25, 0.3) is 22.3 Å². The number of hydrogen-bond acceptors (Lipinski definition) is 15. The van der Waals surface area contributed by atoms with E-state index in [9.17, 15) is 19.0 Å². The molecule has 3 fully saturated rings. The van der Waals surface area contributed by atoms with Crippen LogP contribution in [0, 0.1) is 0 Å². The van der Waals surface area contributed by atoms with Gasteiger partial charge in [-0.15, -0.1) is 9.05 Å². The Balaban J connectivity index is 1.19. The summed E-state index contributed by atoms with van der Waals surface area (Å²) in [5.41, 5.74) is 4.08. The largest absolute Gasteiger partial charge is 0.697 e. The van der Waals surface area contributed by atoms with Gasteiger partial charge >= 0.3 is 15.0 Å². The number of ether oxygens (including phenoxy) is 2. The van der Waals surface area contributed by atoms with Crippen molar-refractivity contribution in [3.63, 3.8) is 0 Å². The fourth-order valence-electron chi connectivity index (χ4n) is 5.14. The van der Waals surface area contributed by atoms with Crippen LogP contribution in [0.5, 0.6) is 0 Å². The van der Waals surface area contributed by atoms with Gasteiger partial charge in [-0.1, -0.05) is 0 Å². The molecule has 10 atom stereocenters. The Morgan fingerprint density at radius 2 is 1.70 bits per heavy atom. The maximum absolute atomic E-state index is 15.8. The molecule has 234 valence electrons. The van der Waals surface area contributed by atoms with E-state index in [0.717, 1.165) is 28.1 Å². The summed E-state index contributed by atoms with van der Waals surface area (Å²) in [5, 5.41) is 0. The van der Waals surface area contributed by atoms with Crippen molar-refractivity contribution in [3.05, 3.63) is 39.7 Å². The van der Waals surface area contributed by atoms with E-state index in [4.69, 9.17) is 45.1 Å². The number of imidazole rings is 2. The molecular weight excluding hydrogens is 658 g/mol. The highest BCUT2D eigenvalue weighted by Crippen LogP contribution is 2.52. The average molecular weight is 678 g/mol. The van der Waals surface area contributed by atoms with Gasteiger partial charge in [-0.2, -0.15) is 4.98 Å². The van der Waals surface area contributed by atoms with Crippen LogP contribution in [0.4, 0.5) is 14.7 Å². The Morgan fingerprint density at radius 3 is 2.48 bits per heavy atom. The van der Waals surface area contributed by atoms with Crippen LogP contribution in [0.3, 0.4) is 0 Å². The molecule has 3 aliphatic rings. The molecule has 2 unspecified atom stereocenters. The highest BCUT2D eigenvalue weighted by Gasteiger charge is 2.55. The fraction of sp³-hybridized carbons (Fsp3) is 0.500. The number of rotatable bonds is 2. The lowest BCUT2D eigenvalue weighted by molar-refractivity contribution is -0.0580. The maximum atomic E-state index is 15.8. The number of halogens is 2. The molecule has 0 amide bonds. The molecule has 5 N–H and O–H groups in total. The minimum atomic E-state index is -4.35. The van der Waals surface area contributed by atoms with Gasteiger partial charge in [-0.3, -0.25) is 28.2 Å². The van der Waals surface area contributed by atoms with Gasteiger partial charge in [0.2, 0.25) is 5.95 Å². The first-order valence-corrected chi connectivity index (χ1v) is 16.3. The van der Waals surface area contributed by atoms with Crippen LogP contribution < -0.4 is 16.9 Å². The smallest absolute Gasteiger partial charge is 0.369 e. The number of aromatic nitrogens is 8. The van der Waals surface area contributed by atoms with Crippen LogP contribution >= 0.6 is 15.0 Å². The number of nitrogen functional groups attached to an aromatic ring is 1. The molecule has 24 heteroatoms. The highest BCUT2D eigenvalue weighted by molar-refractivity contribution is 8.07. The molecule has 0 spiro atoms. The SMILES string of the molecule is Nc1nc2c(ncn2[C@@H]2O[C@@H]3CO[P+](=O)O[C@H]4[C@H](F)[C@H](n5cnc6c(=O)[nH]cnc65)O[C@@H]4COP(O)(=S)O[C@@H]2[C@@H]3F)c(=O)[nH]1. The first-order chi connectivity index (χ1) is 21.0. The Kier molecular flexibility index (Phi) is 7.40. The zero-order chi connectivity index (χ0) is 30.9. The zero-order valence-corrected chi connectivity index (χ0v) is 24.3. The summed E-state index contributed by atoms with van der Waals surface area (Å²) >= 11 is 5.13. The van der Waals surface area contributed by atoms with Gasteiger partial charge in [0.25, 0.3) is 11.1 Å². The number of anilines is 1. The number of H-pyrrole nitrogens is 2. The lowest BCUT2D eigenvalue weighted by Gasteiger charge is -2.26. The minimum Gasteiger partial charge on any atom is -0.369 e. The number of aromatic amines is 2. The van der Waals surface area contributed by atoms with E-state index in [0.29, 0.717) is 0 Å². The van der Waals surface area contributed by atoms with E-state index in [1.54, 1.807) is 0 Å². The van der Waals surface area contributed by atoms with E-state index in [1.807, 2.05) is 0 Å². The van der Waals surface area contributed by atoms with Gasteiger partial charge in [-0.25, -0.2) is 23.7 Å². The van der Waals surface area contributed by atoms with E-state index in [1.165, 1.54) is 0 Å². The summed E-state index contributed by atoms with van der Waals surface area (Å²) in [7, 11) is -3.10. The zero-order valence-electron chi connectivity index (χ0n) is 21.7. The number of alkyl halides is 2. The molecule has 0 aliphatic carbocycles. The summed E-state index contributed by atoms with van der Waals surface area (Å²) < 4.78 is 79.7. The van der Waals surface area contributed by atoms with Crippen LogP contribution in [-0.4, -0.2) is 93.9 Å². The molecule has 2 bridgehead atoms. The van der Waals surface area contributed by atoms with E-state index in [2.05, 4.69) is 29.9 Å². The first-order valence-electron chi connectivity index (χ1n) is 12.6. The lowest BCUT2D eigenvalue weighted by atomic mass is 10.1. The third-order valence-electron chi connectivity index (χ3n) is 7.10. The Bertz CT molecular complexity index is 1940. The Hall–Kier alpha value is -3.17. The van der Waals surface area contributed by atoms with Crippen molar-refractivity contribution in [2.45, 2.75) is 49.2 Å². The van der Waals surface area contributed by atoms with Gasteiger partial charge in [0.05, 0.1) is 25.6 Å². The average Bonchev–Trinajstić information content (AvgIpc) is 3.72. The fourth-order valence-corrected chi connectivity index (χ4v) is 7.32. The molecule has 3 saturated heterocycles. The summed E-state index contributed by atoms with van der Waals surface area (Å²) in [5.74, 6) is -0.259. The van der Waals surface area contributed by atoms with Crippen molar-refractivity contribution in [2.75, 3.05) is 18.9 Å². The number of nitrogens with one attached hydrogen (secondary N) is 2. The van der Waals surface area contributed by atoms with E-state index < -0.39 is 88.5 Å². The third kappa shape index (κ3) is 5.06.